The van der Waals surface area contributed by atoms with E-state index in [1.807, 2.05) is 0 Å². The summed E-state index contributed by atoms with van der Waals surface area (Å²) < 4.78 is 37.5. The number of nitrogens with zero attached hydrogens (tertiary/aromatic N) is 1. The quantitative estimate of drug-likeness (QED) is 0.757. The van der Waals surface area contributed by atoms with Crippen molar-refractivity contribution in [1.29, 1.82) is 0 Å². The van der Waals surface area contributed by atoms with Crippen molar-refractivity contribution in [1.82, 2.24) is 10.3 Å². The molecule has 1 aromatic heterocycles. The van der Waals surface area contributed by atoms with Gasteiger partial charge in [0.2, 0.25) is 5.91 Å². The SMILES string of the molecule is CC(=O)NCCC(O)C(O)c1cc(C(F)(F)F)ccn1. The van der Waals surface area contributed by atoms with E-state index >= 15 is 0 Å². The minimum absolute atomic E-state index is 0.00132. The lowest BCUT2D eigenvalue weighted by Gasteiger charge is -2.18. The second kappa shape index (κ2) is 6.67. The molecule has 0 bridgehead atoms. The Morgan fingerprint density at radius 1 is 1.45 bits per heavy atom. The molecular weight excluding hydrogens is 277 g/mol. The fourth-order valence-electron chi connectivity index (χ4n) is 1.54. The summed E-state index contributed by atoms with van der Waals surface area (Å²) in [6, 6.07) is 1.46. The number of amides is 1. The first-order chi connectivity index (χ1) is 9.21. The molecule has 0 aliphatic carbocycles. The minimum Gasteiger partial charge on any atom is -0.390 e. The zero-order valence-electron chi connectivity index (χ0n) is 10.7. The average molecular weight is 292 g/mol. The van der Waals surface area contributed by atoms with Crippen LogP contribution in [0.1, 0.15) is 30.7 Å². The summed E-state index contributed by atoms with van der Waals surface area (Å²) >= 11 is 0. The predicted molar refractivity (Wildman–Crippen MR) is 63.5 cm³/mol. The Morgan fingerprint density at radius 3 is 2.65 bits per heavy atom. The van der Waals surface area contributed by atoms with Gasteiger partial charge in [-0.05, 0) is 18.6 Å². The molecule has 5 nitrogen and oxygen atoms in total. The highest BCUT2D eigenvalue weighted by atomic mass is 19.4. The molecule has 0 aliphatic rings. The fourth-order valence-corrected chi connectivity index (χ4v) is 1.54. The maximum atomic E-state index is 12.5. The van der Waals surface area contributed by atoms with Gasteiger partial charge in [-0.1, -0.05) is 0 Å². The van der Waals surface area contributed by atoms with Gasteiger partial charge in [0.1, 0.15) is 6.10 Å². The number of hydrogen-bond acceptors (Lipinski definition) is 4. The molecule has 1 rings (SSSR count). The number of aliphatic hydroxyl groups is 2. The van der Waals surface area contributed by atoms with Crippen LogP contribution in [-0.4, -0.2) is 33.8 Å². The molecule has 1 amide bonds. The largest absolute Gasteiger partial charge is 0.416 e. The van der Waals surface area contributed by atoms with E-state index in [4.69, 9.17) is 0 Å². The Kier molecular flexibility index (Phi) is 5.46. The molecule has 0 aromatic carbocycles. The normalized spacial score (nSPS) is 14.7. The lowest BCUT2D eigenvalue weighted by molar-refractivity contribution is -0.137. The average Bonchev–Trinajstić information content (AvgIpc) is 2.36. The van der Waals surface area contributed by atoms with Crippen LogP contribution in [0.3, 0.4) is 0 Å². The van der Waals surface area contributed by atoms with Crippen LogP contribution >= 0.6 is 0 Å². The van der Waals surface area contributed by atoms with Crippen LogP contribution in [-0.2, 0) is 11.0 Å². The van der Waals surface area contributed by atoms with Crippen LogP contribution in [0.25, 0.3) is 0 Å². The molecule has 0 aliphatic heterocycles. The van der Waals surface area contributed by atoms with Crippen LogP contribution < -0.4 is 5.32 Å². The maximum Gasteiger partial charge on any atom is 0.416 e. The topological polar surface area (TPSA) is 82.5 Å². The van der Waals surface area contributed by atoms with E-state index in [0.29, 0.717) is 6.07 Å². The first-order valence-corrected chi connectivity index (χ1v) is 5.85. The Labute approximate surface area is 113 Å². The molecule has 0 spiro atoms. The van der Waals surface area contributed by atoms with Gasteiger partial charge in [0.25, 0.3) is 0 Å². The highest BCUT2D eigenvalue weighted by Gasteiger charge is 2.32. The molecule has 0 saturated carbocycles. The van der Waals surface area contributed by atoms with Gasteiger partial charge in [-0.3, -0.25) is 9.78 Å². The monoisotopic (exact) mass is 292 g/mol. The van der Waals surface area contributed by atoms with E-state index in [1.165, 1.54) is 6.92 Å². The smallest absolute Gasteiger partial charge is 0.390 e. The van der Waals surface area contributed by atoms with Gasteiger partial charge < -0.3 is 15.5 Å². The molecule has 3 N–H and O–H groups in total. The highest BCUT2D eigenvalue weighted by molar-refractivity contribution is 5.72. The molecule has 20 heavy (non-hydrogen) atoms. The number of carbonyl (C=O) groups excluding carboxylic acids is 1. The molecule has 112 valence electrons. The Bertz CT molecular complexity index is 466. The van der Waals surface area contributed by atoms with Crippen LogP contribution in [0.4, 0.5) is 13.2 Å². The second-order valence-corrected chi connectivity index (χ2v) is 4.25. The van der Waals surface area contributed by atoms with Gasteiger partial charge in [-0.2, -0.15) is 13.2 Å². The number of nitrogens with one attached hydrogen (secondary N) is 1. The van der Waals surface area contributed by atoms with Gasteiger partial charge in [-0.15, -0.1) is 0 Å². The summed E-state index contributed by atoms with van der Waals surface area (Å²) in [5.41, 5.74) is -1.22. The Balaban J connectivity index is 2.71. The number of hydrogen-bond donors (Lipinski definition) is 3. The van der Waals surface area contributed by atoms with E-state index in [-0.39, 0.29) is 24.6 Å². The second-order valence-electron chi connectivity index (χ2n) is 4.25. The highest BCUT2D eigenvalue weighted by Crippen LogP contribution is 2.30. The van der Waals surface area contributed by atoms with Crippen LogP contribution in [0.15, 0.2) is 18.3 Å². The van der Waals surface area contributed by atoms with Crippen molar-refractivity contribution < 1.29 is 28.2 Å². The molecule has 1 heterocycles. The lowest BCUT2D eigenvalue weighted by atomic mass is 10.1. The number of aliphatic hydroxyl groups excluding tert-OH is 2. The molecule has 0 fully saturated rings. The van der Waals surface area contributed by atoms with Gasteiger partial charge in [0, 0.05) is 19.7 Å². The van der Waals surface area contributed by atoms with E-state index in [1.54, 1.807) is 0 Å². The van der Waals surface area contributed by atoms with Crippen molar-refractivity contribution in [2.75, 3.05) is 6.54 Å². The molecule has 2 atom stereocenters. The zero-order chi connectivity index (χ0) is 15.3. The summed E-state index contributed by atoms with van der Waals surface area (Å²) in [7, 11) is 0. The van der Waals surface area contributed by atoms with E-state index in [0.717, 1.165) is 12.3 Å². The molecule has 0 radical (unpaired) electrons. The maximum absolute atomic E-state index is 12.5. The third kappa shape index (κ3) is 4.78. The van der Waals surface area contributed by atoms with Crippen LogP contribution in [0.2, 0.25) is 0 Å². The van der Waals surface area contributed by atoms with Crippen LogP contribution in [0.5, 0.6) is 0 Å². The van der Waals surface area contributed by atoms with E-state index < -0.39 is 23.9 Å². The Hall–Kier alpha value is -1.67. The summed E-state index contributed by atoms with van der Waals surface area (Å²) in [6.07, 6.45) is -6.50. The van der Waals surface area contributed by atoms with Crippen molar-refractivity contribution in [3.8, 4) is 0 Å². The van der Waals surface area contributed by atoms with Crippen molar-refractivity contribution in [3.63, 3.8) is 0 Å². The molecule has 2 unspecified atom stereocenters. The summed E-state index contributed by atoms with van der Waals surface area (Å²) in [4.78, 5) is 14.2. The van der Waals surface area contributed by atoms with E-state index in [2.05, 4.69) is 10.3 Å². The summed E-state index contributed by atoms with van der Waals surface area (Å²) in [6.45, 7) is 1.39. The number of pyridine rings is 1. The van der Waals surface area contributed by atoms with Crippen molar-refractivity contribution >= 4 is 5.91 Å². The third-order valence-electron chi connectivity index (χ3n) is 2.59. The number of aromatic nitrogens is 1. The standard InChI is InChI=1S/C12H15F3N2O3/c1-7(18)16-5-3-10(19)11(20)9-6-8(2-4-17-9)12(13,14)15/h2,4,6,10-11,19-20H,3,5H2,1H3,(H,16,18). The number of carbonyl (C=O) groups is 1. The Morgan fingerprint density at radius 2 is 2.10 bits per heavy atom. The summed E-state index contributed by atoms with van der Waals surface area (Å²) in [5, 5.41) is 21.8. The minimum atomic E-state index is -4.54. The van der Waals surface area contributed by atoms with Gasteiger partial charge in [-0.25, -0.2) is 0 Å². The van der Waals surface area contributed by atoms with Gasteiger partial charge >= 0.3 is 6.18 Å². The number of halogens is 3. The predicted octanol–water partition coefficient (Wildman–Crippen LogP) is 1.02. The molecule has 8 heteroatoms. The first-order valence-electron chi connectivity index (χ1n) is 5.85. The lowest BCUT2D eigenvalue weighted by Crippen LogP contribution is -2.28. The van der Waals surface area contributed by atoms with Gasteiger partial charge in [0.05, 0.1) is 17.4 Å². The zero-order valence-corrected chi connectivity index (χ0v) is 10.7. The number of rotatable bonds is 5. The molecule has 1 aromatic rings. The third-order valence-corrected chi connectivity index (χ3v) is 2.59. The van der Waals surface area contributed by atoms with Crippen molar-refractivity contribution in [2.45, 2.75) is 31.7 Å². The van der Waals surface area contributed by atoms with Crippen molar-refractivity contribution in [2.24, 2.45) is 0 Å². The first kappa shape index (κ1) is 16.4. The number of alkyl halides is 3. The fraction of sp³-hybridized carbons (Fsp3) is 0.500. The van der Waals surface area contributed by atoms with Crippen LogP contribution in [0, 0.1) is 0 Å². The van der Waals surface area contributed by atoms with Crippen molar-refractivity contribution in [3.05, 3.63) is 29.6 Å². The molecule has 0 saturated heterocycles. The van der Waals surface area contributed by atoms with E-state index in [9.17, 15) is 28.2 Å². The van der Waals surface area contributed by atoms with Gasteiger partial charge in [0.15, 0.2) is 0 Å². The molecular formula is C12H15F3N2O3. The summed E-state index contributed by atoms with van der Waals surface area (Å²) in [5.74, 6) is -0.302.